The summed E-state index contributed by atoms with van der Waals surface area (Å²) in [4.78, 5) is 30.1. The smallest absolute Gasteiger partial charge is 0.423 e. The van der Waals surface area contributed by atoms with E-state index in [0.29, 0.717) is 17.3 Å². The molecule has 3 rings (SSSR count). The molecule has 30 heavy (non-hydrogen) atoms. The number of hydrogen-bond acceptors (Lipinski definition) is 7. The third kappa shape index (κ3) is 4.35. The van der Waals surface area contributed by atoms with Crippen molar-refractivity contribution in [3.8, 4) is 11.3 Å². The number of alkyl halides is 3. The zero-order chi connectivity index (χ0) is 21.9. The molecular formula is C19H13F3N4O4. The van der Waals surface area contributed by atoms with Gasteiger partial charge in [-0.25, -0.2) is 14.8 Å². The number of carbonyl (C=O) groups is 1. The predicted molar refractivity (Wildman–Crippen MR) is 100 cm³/mol. The lowest BCUT2D eigenvalue weighted by Crippen LogP contribution is -2.09. The zero-order valence-electron chi connectivity index (χ0n) is 15.3. The van der Waals surface area contributed by atoms with Gasteiger partial charge in [0.05, 0.1) is 23.3 Å². The average molecular weight is 418 g/mol. The van der Waals surface area contributed by atoms with Gasteiger partial charge in [0.2, 0.25) is 5.95 Å². The predicted octanol–water partition coefficient (Wildman–Crippen LogP) is 4.60. The minimum atomic E-state index is -4.87. The summed E-state index contributed by atoms with van der Waals surface area (Å²) >= 11 is 0. The van der Waals surface area contributed by atoms with E-state index in [0.717, 1.165) is 12.1 Å². The number of nitrogens with zero attached hydrogens (tertiary/aromatic N) is 3. The minimum absolute atomic E-state index is 0.00639. The van der Waals surface area contributed by atoms with E-state index in [-0.39, 0.29) is 17.2 Å². The van der Waals surface area contributed by atoms with E-state index in [2.05, 4.69) is 15.3 Å². The lowest BCUT2D eigenvalue weighted by molar-refractivity contribution is -0.388. The molecule has 0 saturated carbocycles. The van der Waals surface area contributed by atoms with Crippen molar-refractivity contribution in [1.29, 1.82) is 0 Å². The molecule has 3 aromatic rings. The number of nitrogens with one attached hydrogen (secondary N) is 1. The Morgan fingerprint density at radius 2 is 1.90 bits per heavy atom. The molecule has 0 spiro atoms. The third-order valence-corrected chi connectivity index (χ3v) is 4.02. The number of carbonyl (C=O) groups excluding carboxylic acids is 1. The molecule has 0 aliphatic heterocycles. The van der Waals surface area contributed by atoms with Gasteiger partial charge in [-0.2, -0.15) is 13.2 Å². The highest BCUT2D eigenvalue weighted by molar-refractivity contribution is 5.96. The maximum atomic E-state index is 13.0. The van der Waals surface area contributed by atoms with E-state index in [1.165, 1.54) is 19.4 Å². The van der Waals surface area contributed by atoms with Gasteiger partial charge in [0.15, 0.2) is 0 Å². The van der Waals surface area contributed by atoms with Crippen LogP contribution in [0.1, 0.15) is 15.9 Å². The third-order valence-electron chi connectivity index (χ3n) is 4.02. The number of esters is 1. The van der Waals surface area contributed by atoms with Gasteiger partial charge >= 0.3 is 12.1 Å². The molecule has 1 N–H and O–H groups in total. The second kappa shape index (κ2) is 8.15. The van der Waals surface area contributed by atoms with Gasteiger partial charge < -0.3 is 10.1 Å². The summed E-state index contributed by atoms with van der Waals surface area (Å²) in [7, 11) is 1.24. The maximum Gasteiger partial charge on any atom is 0.423 e. The van der Waals surface area contributed by atoms with E-state index in [9.17, 15) is 28.1 Å². The first kappa shape index (κ1) is 20.7. The van der Waals surface area contributed by atoms with Crippen LogP contribution >= 0.6 is 0 Å². The number of rotatable bonds is 5. The van der Waals surface area contributed by atoms with Crippen LogP contribution in [-0.2, 0) is 10.9 Å². The molecule has 0 atom stereocenters. The van der Waals surface area contributed by atoms with E-state index in [4.69, 9.17) is 4.74 Å². The van der Waals surface area contributed by atoms with Gasteiger partial charge in [-0.15, -0.1) is 0 Å². The van der Waals surface area contributed by atoms with Crippen LogP contribution < -0.4 is 5.32 Å². The molecular weight excluding hydrogens is 405 g/mol. The fraction of sp³-hybridized carbons (Fsp3) is 0.105. The van der Waals surface area contributed by atoms with Crippen LogP contribution in [0.3, 0.4) is 0 Å². The Balaban J connectivity index is 1.97. The van der Waals surface area contributed by atoms with Crippen LogP contribution in [0.2, 0.25) is 0 Å². The van der Waals surface area contributed by atoms with Gasteiger partial charge in [-0.05, 0) is 24.3 Å². The van der Waals surface area contributed by atoms with Gasteiger partial charge in [0.25, 0.3) is 5.69 Å². The number of ether oxygens (including phenoxy) is 1. The molecule has 0 aliphatic rings. The van der Waals surface area contributed by atoms with Crippen LogP contribution in [0.25, 0.3) is 11.3 Å². The standard InChI is InChI=1S/C19H13F3N4O4/c1-30-17(27)13-5-3-2-4-12(13)15-8-9-23-18(25-15)24-11-6-7-14(19(20,21)22)16(10-11)26(28)29/h2-10H,1H3,(H,23,24,25). The summed E-state index contributed by atoms with van der Waals surface area (Å²) in [6.45, 7) is 0. The SMILES string of the molecule is COC(=O)c1ccccc1-c1ccnc(Nc2ccc(C(F)(F)F)c([N+](=O)[O-])c2)n1. The summed E-state index contributed by atoms with van der Waals surface area (Å²) in [5.74, 6) is -0.599. The fourth-order valence-electron chi connectivity index (χ4n) is 2.69. The Kier molecular flexibility index (Phi) is 5.63. The lowest BCUT2D eigenvalue weighted by atomic mass is 10.0. The van der Waals surface area contributed by atoms with Crippen molar-refractivity contribution in [3.63, 3.8) is 0 Å². The molecule has 11 heteroatoms. The van der Waals surface area contributed by atoms with Gasteiger partial charge in [0, 0.05) is 23.5 Å². The molecule has 0 bridgehead atoms. The van der Waals surface area contributed by atoms with Crippen molar-refractivity contribution in [2.75, 3.05) is 12.4 Å². The quantitative estimate of drug-likeness (QED) is 0.366. The number of aromatic nitrogens is 2. The van der Waals surface area contributed by atoms with E-state index in [1.807, 2.05) is 0 Å². The van der Waals surface area contributed by atoms with Crippen molar-refractivity contribution in [1.82, 2.24) is 9.97 Å². The summed E-state index contributed by atoms with van der Waals surface area (Å²) in [5.41, 5.74) is -1.41. The summed E-state index contributed by atoms with van der Waals surface area (Å²) in [5, 5.41) is 13.7. The van der Waals surface area contributed by atoms with Crippen LogP contribution in [0.5, 0.6) is 0 Å². The topological polar surface area (TPSA) is 107 Å². The number of halogens is 3. The van der Waals surface area contributed by atoms with Crippen molar-refractivity contribution in [2.45, 2.75) is 6.18 Å². The molecule has 0 aliphatic carbocycles. The Labute approximate surface area is 167 Å². The van der Waals surface area contributed by atoms with Crippen molar-refractivity contribution in [3.05, 3.63) is 76.0 Å². The highest BCUT2D eigenvalue weighted by atomic mass is 19.4. The van der Waals surface area contributed by atoms with Crippen LogP contribution in [0.15, 0.2) is 54.7 Å². The number of nitro groups is 1. The van der Waals surface area contributed by atoms with Crippen molar-refractivity contribution >= 4 is 23.3 Å². The number of benzene rings is 2. The molecule has 2 aromatic carbocycles. The molecule has 0 radical (unpaired) electrons. The molecule has 1 aromatic heterocycles. The first-order chi connectivity index (χ1) is 14.2. The van der Waals surface area contributed by atoms with Crippen LogP contribution in [0, 0.1) is 10.1 Å². The Bertz CT molecular complexity index is 1120. The average Bonchev–Trinajstić information content (AvgIpc) is 2.72. The fourth-order valence-corrected chi connectivity index (χ4v) is 2.69. The summed E-state index contributed by atoms with van der Waals surface area (Å²) in [6.07, 6.45) is -3.49. The number of anilines is 2. The normalized spacial score (nSPS) is 11.1. The number of methoxy groups -OCH3 is 1. The zero-order valence-corrected chi connectivity index (χ0v) is 15.3. The minimum Gasteiger partial charge on any atom is -0.465 e. The maximum absolute atomic E-state index is 13.0. The monoisotopic (exact) mass is 418 g/mol. The molecule has 0 saturated heterocycles. The molecule has 154 valence electrons. The Hall–Kier alpha value is -4.02. The van der Waals surface area contributed by atoms with Crippen LogP contribution in [0.4, 0.5) is 30.5 Å². The second-order valence-corrected chi connectivity index (χ2v) is 5.91. The van der Waals surface area contributed by atoms with Gasteiger partial charge in [-0.3, -0.25) is 10.1 Å². The Morgan fingerprint density at radius 1 is 1.17 bits per heavy atom. The highest BCUT2D eigenvalue weighted by Crippen LogP contribution is 2.37. The van der Waals surface area contributed by atoms with Crippen molar-refractivity contribution < 1.29 is 27.6 Å². The Morgan fingerprint density at radius 3 is 2.57 bits per heavy atom. The van der Waals surface area contributed by atoms with E-state index in [1.54, 1.807) is 24.3 Å². The summed E-state index contributed by atoms with van der Waals surface area (Å²) in [6, 6.07) is 10.5. The highest BCUT2D eigenvalue weighted by Gasteiger charge is 2.38. The second-order valence-electron chi connectivity index (χ2n) is 5.91. The molecule has 0 amide bonds. The lowest BCUT2D eigenvalue weighted by Gasteiger charge is -2.11. The van der Waals surface area contributed by atoms with Gasteiger partial charge in [-0.1, -0.05) is 18.2 Å². The molecule has 0 unspecified atom stereocenters. The van der Waals surface area contributed by atoms with E-state index < -0.39 is 28.3 Å². The molecule has 1 heterocycles. The van der Waals surface area contributed by atoms with E-state index >= 15 is 0 Å². The number of nitro benzene ring substituents is 1. The largest absolute Gasteiger partial charge is 0.465 e. The number of hydrogen-bond donors (Lipinski definition) is 1. The van der Waals surface area contributed by atoms with Crippen molar-refractivity contribution in [2.24, 2.45) is 0 Å². The molecule has 0 fully saturated rings. The summed E-state index contributed by atoms with van der Waals surface area (Å²) < 4.78 is 43.6. The molecule has 8 nitrogen and oxygen atoms in total. The first-order valence-corrected chi connectivity index (χ1v) is 8.34. The van der Waals surface area contributed by atoms with Gasteiger partial charge in [0.1, 0.15) is 5.56 Å². The van der Waals surface area contributed by atoms with Crippen LogP contribution in [-0.4, -0.2) is 28.0 Å². The first-order valence-electron chi connectivity index (χ1n) is 8.34.